The molecule has 2 nitrogen and oxygen atoms in total. The molecular formula is C13H15BrFNO. The van der Waals surface area contributed by atoms with E-state index in [1.165, 1.54) is 12.1 Å². The number of rotatable bonds is 2. The number of amides is 1. The number of carbonyl (C=O) groups excluding carboxylic acids is 1. The third-order valence-corrected chi connectivity index (χ3v) is 4.00. The van der Waals surface area contributed by atoms with Crippen LogP contribution in [0.1, 0.15) is 22.3 Å². The molecule has 1 aromatic carbocycles. The van der Waals surface area contributed by atoms with Gasteiger partial charge in [0.25, 0.3) is 5.91 Å². The van der Waals surface area contributed by atoms with Crippen LogP contribution in [-0.4, -0.2) is 29.2 Å². The standard InChI is InChI=1S/C13H15BrFNO/c1-9-4-11(6-12(15)5-9)13(17)16-3-2-10(7-14)8-16/h4-6,10H,2-3,7-8H2,1H3. The first-order valence-electron chi connectivity index (χ1n) is 5.72. The Hall–Kier alpha value is -0.900. The molecule has 1 aliphatic heterocycles. The van der Waals surface area contributed by atoms with Gasteiger partial charge in [0.2, 0.25) is 0 Å². The largest absolute Gasteiger partial charge is 0.338 e. The lowest BCUT2D eigenvalue weighted by Crippen LogP contribution is -2.29. The first kappa shape index (κ1) is 12.6. The van der Waals surface area contributed by atoms with E-state index < -0.39 is 0 Å². The monoisotopic (exact) mass is 299 g/mol. The Morgan fingerprint density at radius 1 is 1.53 bits per heavy atom. The molecular weight excluding hydrogens is 285 g/mol. The summed E-state index contributed by atoms with van der Waals surface area (Å²) in [4.78, 5) is 14.0. The van der Waals surface area contributed by atoms with Gasteiger partial charge in [0.15, 0.2) is 0 Å². The average molecular weight is 300 g/mol. The third-order valence-electron chi connectivity index (χ3n) is 3.08. The lowest BCUT2D eigenvalue weighted by molar-refractivity contribution is 0.0788. The summed E-state index contributed by atoms with van der Waals surface area (Å²) in [6, 6.07) is 4.49. The molecule has 4 heteroatoms. The van der Waals surface area contributed by atoms with Crippen molar-refractivity contribution in [3.63, 3.8) is 0 Å². The lowest BCUT2D eigenvalue weighted by Gasteiger charge is -2.16. The van der Waals surface area contributed by atoms with Crippen LogP contribution in [0.15, 0.2) is 18.2 Å². The van der Waals surface area contributed by atoms with E-state index in [0.29, 0.717) is 11.5 Å². The SMILES string of the molecule is Cc1cc(F)cc(C(=O)N2CCC(CBr)C2)c1. The van der Waals surface area contributed by atoms with E-state index in [-0.39, 0.29) is 11.7 Å². The summed E-state index contributed by atoms with van der Waals surface area (Å²) in [5.41, 5.74) is 1.24. The molecule has 92 valence electrons. The zero-order valence-electron chi connectivity index (χ0n) is 9.75. The second-order valence-corrected chi connectivity index (χ2v) is 5.22. The molecule has 1 heterocycles. The van der Waals surface area contributed by atoms with Crippen molar-refractivity contribution in [3.05, 3.63) is 35.1 Å². The number of aryl methyl sites for hydroxylation is 1. The van der Waals surface area contributed by atoms with Crippen molar-refractivity contribution in [1.82, 2.24) is 4.90 Å². The number of likely N-dealkylation sites (tertiary alicyclic amines) is 1. The second kappa shape index (κ2) is 5.17. The van der Waals surface area contributed by atoms with Crippen molar-refractivity contribution in [1.29, 1.82) is 0 Å². The topological polar surface area (TPSA) is 20.3 Å². The maximum absolute atomic E-state index is 13.2. The Kier molecular flexibility index (Phi) is 3.82. The van der Waals surface area contributed by atoms with Crippen molar-refractivity contribution in [2.75, 3.05) is 18.4 Å². The number of benzene rings is 1. The Morgan fingerprint density at radius 2 is 2.29 bits per heavy atom. The van der Waals surface area contributed by atoms with E-state index in [1.807, 2.05) is 0 Å². The van der Waals surface area contributed by atoms with Crippen LogP contribution in [-0.2, 0) is 0 Å². The van der Waals surface area contributed by atoms with E-state index in [4.69, 9.17) is 0 Å². The first-order valence-corrected chi connectivity index (χ1v) is 6.84. The van der Waals surface area contributed by atoms with Gasteiger partial charge in [-0.1, -0.05) is 15.9 Å². The quantitative estimate of drug-likeness (QED) is 0.769. The van der Waals surface area contributed by atoms with Gasteiger partial charge < -0.3 is 4.90 Å². The summed E-state index contributed by atoms with van der Waals surface area (Å²) < 4.78 is 13.2. The average Bonchev–Trinajstić information content (AvgIpc) is 2.75. The molecule has 2 rings (SSSR count). The summed E-state index contributed by atoms with van der Waals surface area (Å²) in [6.45, 7) is 3.33. The zero-order chi connectivity index (χ0) is 12.4. The molecule has 0 radical (unpaired) electrons. The van der Waals surface area contributed by atoms with Gasteiger partial charge in [-0.2, -0.15) is 0 Å². The van der Waals surface area contributed by atoms with E-state index in [9.17, 15) is 9.18 Å². The lowest BCUT2D eigenvalue weighted by atomic mass is 10.1. The van der Waals surface area contributed by atoms with Gasteiger partial charge in [-0.3, -0.25) is 4.79 Å². The molecule has 1 aliphatic rings. The van der Waals surface area contributed by atoms with E-state index in [0.717, 1.165) is 30.4 Å². The Bertz CT molecular complexity index is 415. The molecule has 1 aromatic rings. The normalized spacial score (nSPS) is 19.7. The molecule has 0 bridgehead atoms. The Labute approximate surface area is 109 Å². The minimum absolute atomic E-state index is 0.0592. The maximum atomic E-state index is 13.2. The van der Waals surface area contributed by atoms with Crippen LogP contribution in [0.25, 0.3) is 0 Å². The Morgan fingerprint density at radius 3 is 2.88 bits per heavy atom. The van der Waals surface area contributed by atoms with Crippen LogP contribution in [0.4, 0.5) is 4.39 Å². The van der Waals surface area contributed by atoms with Crippen molar-refractivity contribution < 1.29 is 9.18 Å². The number of alkyl halides is 1. The summed E-state index contributed by atoms with van der Waals surface area (Å²) >= 11 is 3.43. The summed E-state index contributed by atoms with van der Waals surface area (Å²) in [7, 11) is 0. The van der Waals surface area contributed by atoms with Crippen LogP contribution < -0.4 is 0 Å². The molecule has 0 N–H and O–H groups in total. The van der Waals surface area contributed by atoms with Crippen LogP contribution in [0, 0.1) is 18.7 Å². The van der Waals surface area contributed by atoms with Gasteiger partial charge in [0.1, 0.15) is 5.82 Å². The fourth-order valence-electron chi connectivity index (χ4n) is 2.19. The fraction of sp³-hybridized carbons (Fsp3) is 0.462. The van der Waals surface area contributed by atoms with Crippen molar-refractivity contribution in [2.45, 2.75) is 13.3 Å². The number of hydrogen-bond donors (Lipinski definition) is 0. The minimum atomic E-state index is -0.343. The highest BCUT2D eigenvalue weighted by Crippen LogP contribution is 2.21. The third kappa shape index (κ3) is 2.86. The van der Waals surface area contributed by atoms with Gasteiger partial charge in [-0.25, -0.2) is 4.39 Å². The number of carbonyl (C=O) groups is 1. The number of nitrogens with zero attached hydrogens (tertiary/aromatic N) is 1. The van der Waals surface area contributed by atoms with Crippen molar-refractivity contribution in [2.24, 2.45) is 5.92 Å². The second-order valence-electron chi connectivity index (χ2n) is 4.58. The van der Waals surface area contributed by atoms with Crippen molar-refractivity contribution >= 4 is 21.8 Å². The molecule has 1 saturated heterocycles. The summed E-state index contributed by atoms with van der Waals surface area (Å²) in [5.74, 6) is 0.120. The molecule has 0 aliphatic carbocycles. The molecule has 0 saturated carbocycles. The van der Waals surface area contributed by atoms with Gasteiger partial charge in [0, 0.05) is 24.0 Å². The maximum Gasteiger partial charge on any atom is 0.253 e. The molecule has 1 fully saturated rings. The number of halogens is 2. The minimum Gasteiger partial charge on any atom is -0.338 e. The predicted octanol–water partition coefficient (Wildman–Crippen LogP) is 2.99. The Balaban J connectivity index is 2.14. The molecule has 1 atom stereocenters. The van der Waals surface area contributed by atoms with E-state index >= 15 is 0 Å². The highest BCUT2D eigenvalue weighted by Gasteiger charge is 2.26. The van der Waals surface area contributed by atoms with Gasteiger partial charge in [0.05, 0.1) is 0 Å². The fourth-order valence-corrected chi connectivity index (χ4v) is 2.71. The number of hydrogen-bond acceptors (Lipinski definition) is 1. The zero-order valence-corrected chi connectivity index (χ0v) is 11.3. The van der Waals surface area contributed by atoms with Crippen molar-refractivity contribution in [3.8, 4) is 0 Å². The highest BCUT2D eigenvalue weighted by molar-refractivity contribution is 9.09. The van der Waals surface area contributed by atoms with Crippen LogP contribution >= 0.6 is 15.9 Å². The van der Waals surface area contributed by atoms with E-state index in [2.05, 4.69) is 15.9 Å². The molecule has 1 amide bonds. The highest BCUT2D eigenvalue weighted by atomic mass is 79.9. The summed E-state index contributed by atoms with van der Waals surface area (Å²) in [5, 5.41) is 0.916. The van der Waals surface area contributed by atoms with Gasteiger partial charge in [-0.15, -0.1) is 0 Å². The molecule has 0 aromatic heterocycles. The smallest absolute Gasteiger partial charge is 0.253 e. The van der Waals surface area contributed by atoms with Crippen LogP contribution in [0.3, 0.4) is 0 Å². The molecule has 1 unspecified atom stereocenters. The molecule has 0 spiro atoms. The predicted molar refractivity (Wildman–Crippen MR) is 68.9 cm³/mol. The van der Waals surface area contributed by atoms with Gasteiger partial charge >= 0.3 is 0 Å². The van der Waals surface area contributed by atoms with E-state index in [1.54, 1.807) is 17.9 Å². The molecule has 17 heavy (non-hydrogen) atoms. The summed E-state index contributed by atoms with van der Waals surface area (Å²) in [6.07, 6.45) is 1.02. The van der Waals surface area contributed by atoms with Gasteiger partial charge in [-0.05, 0) is 43.0 Å². The first-order chi connectivity index (χ1) is 8.10. The van der Waals surface area contributed by atoms with Crippen LogP contribution in [0.5, 0.6) is 0 Å². The van der Waals surface area contributed by atoms with Crippen LogP contribution in [0.2, 0.25) is 0 Å².